The molecule has 181 valence electrons. The molecule has 8 nitrogen and oxygen atoms in total. The first-order chi connectivity index (χ1) is 16.5. The van der Waals surface area contributed by atoms with Crippen LogP contribution in [-0.2, 0) is 21.9 Å². The van der Waals surface area contributed by atoms with Gasteiger partial charge in [-0.15, -0.1) is 0 Å². The average molecular weight is 515 g/mol. The van der Waals surface area contributed by atoms with Gasteiger partial charge in [0.25, 0.3) is 5.97 Å². The van der Waals surface area contributed by atoms with Crippen molar-refractivity contribution >= 4 is 29.8 Å². The normalized spacial score (nSPS) is 12.3. The number of fused-ring (bicyclic) bond motifs is 5. The van der Waals surface area contributed by atoms with Gasteiger partial charge in [0.2, 0.25) is 0 Å². The summed E-state index contributed by atoms with van der Waals surface area (Å²) in [7, 11) is 0. The van der Waals surface area contributed by atoms with Crippen LogP contribution < -0.4 is 9.47 Å². The molecule has 3 aromatic rings. The van der Waals surface area contributed by atoms with E-state index in [9.17, 15) is 10.2 Å². The summed E-state index contributed by atoms with van der Waals surface area (Å²) in [5.41, 5.74) is 2.31. The Kier molecular flexibility index (Phi) is 10.6. The Morgan fingerprint density at radius 2 is 1.14 bits per heavy atom. The van der Waals surface area contributed by atoms with Gasteiger partial charge in [0.15, 0.2) is 23.0 Å². The summed E-state index contributed by atoms with van der Waals surface area (Å²) in [5, 5.41) is 28.4. The first kappa shape index (κ1) is 27.2. The fourth-order valence-electron chi connectivity index (χ4n) is 2.89. The molecule has 0 fully saturated rings. The van der Waals surface area contributed by atoms with Crippen LogP contribution in [0.2, 0.25) is 0 Å². The molecule has 3 N–H and O–H groups in total. The van der Waals surface area contributed by atoms with Gasteiger partial charge < -0.3 is 24.8 Å². The van der Waals surface area contributed by atoms with Crippen LogP contribution in [0.25, 0.3) is 0 Å². The van der Waals surface area contributed by atoms with E-state index in [2.05, 4.69) is 9.98 Å². The summed E-state index contributed by atoms with van der Waals surface area (Å²) >= 11 is 0. The Bertz CT molecular complexity index is 1150. The molecular formula is C26H24MnN2O6. The third kappa shape index (κ3) is 8.03. The van der Waals surface area contributed by atoms with Crippen molar-refractivity contribution < 1.29 is 46.7 Å². The van der Waals surface area contributed by atoms with Gasteiger partial charge in [-0.3, -0.25) is 14.8 Å². The molecule has 1 aliphatic heterocycles. The number of para-hydroxylation sites is 4. The first-order valence-electron chi connectivity index (χ1n) is 10.4. The smallest absolute Gasteiger partial charge is 0.300 e. The number of ether oxygens (including phenoxy) is 2. The largest absolute Gasteiger partial charge is 0.504 e. The van der Waals surface area contributed by atoms with Gasteiger partial charge in [-0.25, -0.2) is 0 Å². The van der Waals surface area contributed by atoms with Crippen molar-refractivity contribution in [1.29, 1.82) is 0 Å². The minimum atomic E-state index is -0.833. The number of carboxylic acid groups (broad SMARTS) is 1. The van der Waals surface area contributed by atoms with Gasteiger partial charge in [-0.2, -0.15) is 0 Å². The second-order valence-electron chi connectivity index (χ2n) is 7.01. The Hall–Kier alpha value is -4.07. The van der Waals surface area contributed by atoms with Crippen LogP contribution in [0.3, 0.4) is 0 Å². The Balaban J connectivity index is 0.000000804. The van der Waals surface area contributed by atoms with Gasteiger partial charge in [0.05, 0.1) is 11.4 Å². The van der Waals surface area contributed by atoms with Crippen LogP contribution in [0.15, 0.2) is 82.8 Å². The fraction of sp³-hybridized carbons (Fsp3) is 0.115. The van der Waals surface area contributed by atoms with Gasteiger partial charge in [-0.05, 0) is 48.6 Å². The number of benzene rings is 3. The predicted octanol–water partition coefficient (Wildman–Crippen LogP) is 5.01. The van der Waals surface area contributed by atoms with E-state index >= 15 is 0 Å². The molecule has 0 saturated heterocycles. The number of rotatable bonds is 0. The summed E-state index contributed by atoms with van der Waals surface area (Å²) in [6.45, 7) is 1.61. The molecule has 1 aliphatic rings. The van der Waals surface area contributed by atoms with Crippen molar-refractivity contribution in [3.05, 3.63) is 83.9 Å². The number of phenolic OH excluding ortho intramolecular Hbond substituents is 2. The zero-order chi connectivity index (χ0) is 24.3. The van der Waals surface area contributed by atoms with Crippen LogP contribution >= 0.6 is 0 Å². The van der Waals surface area contributed by atoms with Crippen LogP contribution in [0, 0.1) is 0 Å². The summed E-state index contributed by atoms with van der Waals surface area (Å²) in [4.78, 5) is 18.0. The predicted molar refractivity (Wildman–Crippen MR) is 131 cm³/mol. The van der Waals surface area contributed by atoms with Gasteiger partial charge in [-0.1, -0.05) is 24.3 Å². The van der Waals surface area contributed by atoms with E-state index in [-0.39, 0.29) is 41.8 Å². The fourth-order valence-corrected chi connectivity index (χ4v) is 2.89. The number of phenols is 2. The number of aliphatic imine (C=N–C) groups is 2. The molecule has 1 heterocycles. The molecule has 1 radical (unpaired) electrons. The molecule has 0 aromatic heterocycles. The van der Waals surface area contributed by atoms with Gasteiger partial charge >= 0.3 is 0 Å². The molecule has 35 heavy (non-hydrogen) atoms. The summed E-state index contributed by atoms with van der Waals surface area (Å²) in [5.74, 6) is -0.0645. The third-order valence-corrected chi connectivity index (χ3v) is 4.46. The zero-order valence-corrected chi connectivity index (χ0v) is 20.0. The molecule has 0 unspecified atom stereocenters. The Morgan fingerprint density at radius 1 is 0.743 bits per heavy atom. The molecule has 9 heteroatoms. The number of aliphatic carboxylic acids is 1. The van der Waals surface area contributed by atoms with Crippen LogP contribution in [0.5, 0.6) is 23.0 Å². The topological polar surface area (TPSA) is 121 Å². The van der Waals surface area contributed by atoms with Gasteiger partial charge in [0, 0.05) is 47.5 Å². The number of carboxylic acids is 1. The molecule has 3 aromatic carbocycles. The summed E-state index contributed by atoms with van der Waals surface area (Å²) < 4.78 is 11.3. The quantitative estimate of drug-likeness (QED) is 0.286. The monoisotopic (exact) mass is 515 g/mol. The summed E-state index contributed by atoms with van der Waals surface area (Å²) in [6.07, 6.45) is 6.70. The maximum atomic E-state index is 10.5. The molecule has 4 bridgehead atoms. The number of carbonyl (C=O) groups is 1. The van der Waals surface area contributed by atoms with E-state index in [4.69, 9.17) is 19.4 Å². The standard InChI is InChI=1S/C24H20N2O4.C2H4O2.Mn/c27-23-17-7-5-11-21(23)29-13-3-4-14-30-22-12-6-8-18(24(22)28)16-26-20-10-2-1-9-19(20)25-15-17;1-2(3)4;/h1-12,15-16,27-28H,13-14H2;1H3,(H,3,4);. The second kappa shape index (κ2) is 13.6. The first-order valence-corrected chi connectivity index (χ1v) is 10.4. The maximum Gasteiger partial charge on any atom is 0.300 e. The van der Waals surface area contributed by atoms with Crippen molar-refractivity contribution in [2.24, 2.45) is 9.98 Å². The maximum absolute atomic E-state index is 10.5. The number of aromatic hydroxyl groups is 2. The van der Waals surface area contributed by atoms with Gasteiger partial charge in [0.1, 0.15) is 13.2 Å². The van der Waals surface area contributed by atoms with Crippen LogP contribution in [0.1, 0.15) is 18.1 Å². The van der Waals surface area contributed by atoms with Crippen molar-refractivity contribution in [2.75, 3.05) is 13.2 Å². The zero-order valence-electron chi connectivity index (χ0n) is 18.8. The van der Waals surface area contributed by atoms with Crippen LogP contribution in [-0.4, -0.2) is 46.9 Å². The van der Waals surface area contributed by atoms with E-state index in [1.165, 1.54) is 0 Å². The van der Waals surface area contributed by atoms with Crippen LogP contribution in [0.4, 0.5) is 11.4 Å². The molecule has 0 atom stereocenters. The van der Waals surface area contributed by atoms with Crippen molar-refractivity contribution in [3.63, 3.8) is 0 Å². The minimum absolute atomic E-state index is 0. The molecule has 0 aliphatic carbocycles. The molecule has 0 spiro atoms. The molecule has 0 amide bonds. The van der Waals surface area contributed by atoms with E-state index in [1.54, 1.807) is 61.0 Å². The van der Waals surface area contributed by atoms with Crippen molar-refractivity contribution in [3.8, 4) is 23.0 Å². The molecule has 0 saturated carbocycles. The summed E-state index contributed by atoms with van der Waals surface area (Å²) in [6, 6.07) is 17.8. The van der Waals surface area contributed by atoms with E-state index < -0.39 is 5.97 Å². The van der Waals surface area contributed by atoms with Crippen molar-refractivity contribution in [1.82, 2.24) is 0 Å². The van der Waals surface area contributed by atoms with E-state index in [1.807, 2.05) is 24.3 Å². The SMILES string of the molecule is CC(=O)O.Oc1c2cccc1OCC=CCOc1cccc(c1O)C=Nc1ccccc1N=C2.[Mn]. The van der Waals surface area contributed by atoms with E-state index in [0.717, 1.165) is 6.92 Å². The Morgan fingerprint density at radius 3 is 1.54 bits per heavy atom. The average Bonchev–Trinajstić information content (AvgIpc) is 2.81. The Labute approximate surface area is 213 Å². The number of hydrogen-bond donors (Lipinski definition) is 3. The number of hydrogen-bond acceptors (Lipinski definition) is 7. The van der Waals surface area contributed by atoms with Crippen molar-refractivity contribution in [2.45, 2.75) is 6.92 Å². The third-order valence-electron chi connectivity index (χ3n) is 4.46. The van der Waals surface area contributed by atoms with E-state index in [0.29, 0.717) is 34.0 Å². The molecular weight excluding hydrogens is 491 g/mol. The second-order valence-corrected chi connectivity index (χ2v) is 7.01. The minimum Gasteiger partial charge on any atom is -0.504 e. The molecule has 4 rings (SSSR count). The number of nitrogens with zero attached hydrogens (tertiary/aromatic N) is 2.